The first kappa shape index (κ1) is 19.5. The molecule has 1 heterocycles. The molecule has 1 amide bonds. The number of amides is 1. The first-order valence-corrected chi connectivity index (χ1v) is 9.95. The standard InChI is InChI=1S/C20H21ClN4OS/c1-15-22-23-20(25(15)12-16-8-4-3-5-9-16)27-14-19(26)24(2)13-17-10-6-7-11-18(17)21/h3-11H,12-14H2,1-2H3. The van der Waals surface area contributed by atoms with Crippen LogP contribution in [-0.2, 0) is 17.9 Å². The zero-order valence-corrected chi connectivity index (χ0v) is 16.9. The molecule has 0 radical (unpaired) electrons. The van der Waals surface area contributed by atoms with Crippen LogP contribution >= 0.6 is 23.4 Å². The summed E-state index contributed by atoms with van der Waals surface area (Å²) in [5.74, 6) is 1.15. The fourth-order valence-electron chi connectivity index (χ4n) is 2.62. The van der Waals surface area contributed by atoms with Crippen molar-refractivity contribution in [3.8, 4) is 0 Å². The van der Waals surface area contributed by atoms with Gasteiger partial charge in [0.1, 0.15) is 5.82 Å². The van der Waals surface area contributed by atoms with Gasteiger partial charge in [-0.1, -0.05) is 71.9 Å². The molecule has 0 unspecified atom stereocenters. The van der Waals surface area contributed by atoms with Gasteiger partial charge in [0, 0.05) is 18.6 Å². The summed E-state index contributed by atoms with van der Waals surface area (Å²) in [6, 6.07) is 17.7. The van der Waals surface area contributed by atoms with Crippen molar-refractivity contribution < 1.29 is 4.79 Å². The first-order valence-electron chi connectivity index (χ1n) is 8.58. The van der Waals surface area contributed by atoms with Gasteiger partial charge in [-0.2, -0.15) is 0 Å². The molecule has 0 fully saturated rings. The Morgan fingerprint density at radius 1 is 1.11 bits per heavy atom. The fraction of sp³-hybridized carbons (Fsp3) is 0.250. The molecule has 0 aliphatic carbocycles. The number of hydrogen-bond donors (Lipinski definition) is 0. The van der Waals surface area contributed by atoms with Crippen molar-refractivity contribution in [1.29, 1.82) is 0 Å². The zero-order chi connectivity index (χ0) is 19.2. The number of halogens is 1. The molecule has 0 atom stereocenters. The van der Waals surface area contributed by atoms with Crippen LogP contribution in [0.25, 0.3) is 0 Å². The maximum Gasteiger partial charge on any atom is 0.233 e. The molecule has 0 bridgehead atoms. The molecule has 3 rings (SSSR count). The van der Waals surface area contributed by atoms with Gasteiger partial charge in [0.25, 0.3) is 0 Å². The smallest absolute Gasteiger partial charge is 0.233 e. The summed E-state index contributed by atoms with van der Waals surface area (Å²) in [4.78, 5) is 14.2. The van der Waals surface area contributed by atoms with Crippen molar-refractivity contribution >= 4 is 29.3 Å². The third-order valence-electron chi connectivity index (χ3n) is 4.20. The lowest BCUT2D eigenvalue weighted by molar-refractivity contribution is -0.127. The van der Waals surface area contributed by atoms with Gasteiger partial charge < -0.3 is 9.47 Å². The van der Waals surface area contributed by atoms with Crippen molar-refractivity contribution in [2.24, 2.45) is 0 Å². The number of aryl methyl sites for hydroxylation is 1. The predicted molar refractivity (Wildman–Crippen MR) is 109 cm³/mol. The highest BCUT2D eigenvalue weighted by atomic mass is 35.5. The van der Waals surface area contributed by atoms with E-state index in [1.807, 2.05) is 54.0 Å². The van der Waals surface area contributed by atoms with Crippen LogP contribution in [0.1, 0.15) is 17.0 Å². The van der Waals surface area contributed by atoms with E-state index in [2.05, 4.69) is 22.3 Å². The van der Waals surface area contributed by atoms with E-state index in [0.717, 1.165) is 16.5 Å². The topological polar surface area (TPSA) is 51.0 Å². The van der Waals surface area contributed by atoms with E-state index < -0.39 is 0 Å². The zero-order valence-electron chi connectivity index (χ0n) is 15.3. The molecule has 0 N–H and O–H groups in total. The Bertz CT molecular complexity index is 913. The predicted octanol–water partition coefficient (Wildman–Crippen LogP) is 4.04. The van der Waals surface area contributed by atoms with Crippen LogP contribution in [0.15, 0.2) is 59.8 Å². The largest absolute Gasteiger partial charge is 0.341 e. The Morgan fingerprint density at radius 3 is 2.56 bits per heavy atom. The second-order valence-corrected chi connectivity index (χ2v) is 7.58. The van der Waals surface area contributed by atoms with Crippen molar-refractivity contribution in [1.82, 2.24) is 19.7 Å². The minimum atomic E-state index is 0.0202. The molecule has 0 aliphatic heterocycles. The van der Waals surface area contributed by atoms with Crippen LogP contribution in [0.3, 0.4) is 0 Å². The molecular weight excluding hydrogens is 380 g/mol. The van der Waals surface area contributed by atoms with Crippen LogP contribution in [-0.4, -0.2) is 38.4 Å². The van der Waals surface area contributed by atoms with E-state index in [-0.39, 0.29) is 5.91 Å². The second kappa shape index (κ2) is 9.06. The maximum atomic E-state index is 12.5. The molecule has 3 aromatic rings. The molecule has 27 heavy (non-hydrogen) atoms. The van der Waals surface area contributed by atoms with Gasteiger partial charge in [-0.05, 0) is 24.1 Å². The molecular formula is C20H21ClN4OS. The van der Waals surface area contributed by atoms with E-state index >= 15 is 0 Å². The van der Waals surface area contributed by atoms with Gasteiger partial charge in [0.2, 0.25) is 5.91 Å². The molecule has 7 heteroatoms. The molecule has 140 valence electrons. The quantitative estimate of drug-likeness (QED) is 0.561. The van der Waals surface area contributed by atoms with Crippen molar-refractivity contribution in [2.75, 3.05) is 12.8 Å². The fourth-order valence-corrected chi connectivity index (χ4v) is 3.74. The highest BCUT2D eigenvalue weighted by Gasteiger charge is 2.15. The van der Waals surface area contributed by atoms with Crippen LogP contribution in [0.5, 0.6) is 0 Å². The monoisotopic (exact) mass is 400 g/mol. The average Bonchev–Trinajstić information content (AvgIpc) is 3.02. The number of thioether (sulfide) groups is 1. The lowest BCUT2D eigenvalue weighted by Crippen LogP contribution is -2.28. The molecule has 0 aliphatic rings. The number of rotatable bonds is 7. The molecule has 1 aromatic heterocycles. The maximum absolute atomic E-state index is 12.5. The number of nitrogens with zero attached hydrogens (tertiary/aromatic N) is 4. The Hall–Kier alpha value is -2.31. The number of carbonyl (C=O) groups is 1. The number of hydrogen-bond acceptors (Lipinski definition) is 4. The van der Waals surface area contributed by atoms with Crippen LogP contribution in [0, 0.1) is 6.92 Å². The van der Waals surface area contributed by atoms with Gasteiger partial charge in [0.05, 0.1) is 12.3 Å². The van der Waals surface area contributed by atoms with Crippen LogP contribution in [0.4, 0.5) is 0 Å². The highest BCUT2D eigenvalue weighted by molar-refractivity contribution is 7.99. The van der Waals surface area contributed by atoms with E-state index in [4.69, 9.17) is 11.6 Å². The minimum Gasteiger partial charge on any atom is -0.341 e. The van der Waals surface area contributed by atoms with Crippen molar-refractivity contribution in [3.63, 3.8) is 0 Å². The van der Waals surface area contributed by atoms with Crippen molar-refractivity contribution in [3.05, 3.63) is 76.6 Å². The average molecular weight is 401 g/mol. The third-order valence-corrected chi connectivity index (χ3v) is 5.52. The summed E-state index contributed by atoms with van der Waals surface area (Å²) in [6.45, 7) is 3.09. The van der Waals surface area contributed by atoms with Gasteiger partial charge in [-0.25, -0.2) is 0 Å². The summed E-state index contributed by atoms with van der Waals surface area (Å²) in [7, 11) is 1.78. The van der Waals surface area contributed by atoms with Crippen LogP contribution in [0.2, 0.25) is 5.02 Å². The lowest BCUT2D eigenvalue weighted by atomic mass is 10.2. The first-order chi connectivity index (χ1) is 13.0. The summed E-state index contributed by atoms with van der Waals surface area (Å²) in [5, 5.41) is 9.81. The van der Waals surface area contributed by atoms with E-state index in [1.165, 1.54) is 17.3 Å². The molecule has 0 saturated heterocycles. The van der Waals surface area contributed by atoms with Gasteiger partial charge >= 0.3 is 0 Å². The number of aromatic nitrogens is 3. The number of benzene rings is 2. The van der Waals surface area contributed by atoms with E-state index in [9.17, 15) is 4.79 Å². The van der Waals surface area contributed by atoms with Crippen molar-refractivity contribution in [2.45, 2.75) is 25.2 Å². The molecule has 2 aromatic carbocycles. The van der Waals surface area contributed by atoms with Gasteiger partial charge in [0.15, 0.2) is 5.16 Å². The normalized spacial score (nSPS) is 10.8. The summed E-state index contributed by atoms with van der Waals surface area (Å²) < 4.78 is 2.03. The van der Waals surface area contributed by atoms with E-state index in [1.54, 1.807) is 11.9 Å². The molecule has 0 spiro atoms. The Labute approximate surface area is 168 Å². The SMILES string of the molecule is Cc1nnc(SCC(=O)N(C)Cc2ccccc2Cl)n1Cc1ccccc1. The Kier molecular flexibility index (Phi) is 6.53. The summed E-state index contributed by atoms with van der Waals surface area (Å²) in [6.07, 6.45) is 0. The van der Waals surface area contributed by atoms with Crippen LogP contribution < -0.4 is 0 Å². The third kappa shape index (κ3) is 5.11. The molecule has 5 nitrogen and oxygen atoms in total. The Balaban J connectivity index is 1.61. The Morgan fingerprint density at radius 2 is 1.81 bits per heavy atom. The summed E-state index contributed by atoms with van der Waals surface area (Å²) in [5.41, 5.74) is 2.10. The number of carbonyl (C=O) groups excluding carboxylic acids is 1. The highest BCUT2D eigenvalue weighted by Crippen LogP contribution is 2.20. The van der Waals surface area contributed by atoms with E-state index in [0.29, 0.717) is 23.9 Å². The summed E-state index contributed by atoms with van der Waals surface area (Å²) >= 11 is 7.59. The lowest BCUT2D eigenvalue weighted by Gasteiger charge is -2.18. The second-order valence-electron chi connectivity index (χ2n) is 6.23. The molecule has 0 saturated carbocycles. The van der Waals surface area contributed by atoms with Gasteiger partial charge in [-0.3, -0.25) is 4.79 Å². The minimum absolute atomic E-state index is 0.0202. The van der Waals surface area contributed by atoms with Gasteiger partial charge in [-0.15, -0.1) is 10.2 Å².